The van der Waals surface area contributed by atoms with Crippen LogP contribution in [-0.2, 0) is 20.7 Å². The second-order valence-corrected chi connectivity index (χ2v) is 7.13. The van der Waals surface area contributed by atoms with Crippen LogP contribution in [0.1, 0.15) is 31.7 Å². The van der Waals surface area contributed by atoms with Crippen molar-refractivity contribution in [2.24, 2.45) is 5.92 Å². The first-order chi connectivity index (χ1) is 9.98. The third-order valence-electron chi connectivity index (χ3n) is 3.82. The normalized spacial score (nSPS) is 17.1. The first-order valence-electron chi connectivity index (χ1n) is 7.38. The molecule has 0 N–H and O–H groups in total. The summed E-state index contributed by atoms with van der Waals surface area (Å²) >= 11 is 0. The fourth-order valence-electron chi connectivity index (χ4n) is 2.48. The van der Waals surface area contributed by atoms with Crippen LogP contribution in [0.15, 0.2) is 12.4 Å². The highest BCUT2D eigenvalue weighted by atomic mass is 32.2. The van der Waals surface area contributed by atoms with Crippen molar-refractivity contribution in [2.45, 2.75) is 32.6 Å². The molecule has 0 amide bonds. The zero-order valence-corrected chi connectivity index (χ0v) is 13.5. The Morgan fingerprint density at radius 2 is 1.90 bits per heavy atom. The SMILES string of the molecule is CCc1cnc(N2CCC(CCOS(C)(=O)=O)CC2)nc1. The van der Waals surface area contributed by atoms with Crippen LogP contribution in [0, 0.1) is 5.92 Å². The summed E-state index contributed by atoms with van der Waals surface area (Å²) in [7, 11) is -3.32. The molecule has 0 spiro atoms. The van der Waals surface area contributed by atoms with Crippen molar-refractivity contribution in [3.63, 3.8) is 0 Å². The molecule has 1 aromatic heterocycles. The number of aromatic nitrogens is 2. The summed E-state index contributed by atoms with van der Waals surface area (Å²) in [6, 6.07) is 0. The first kappa shape index (κ1) is 16.2. The van der Waals surface area contributed by atoms with Crippen LogP contribution in [0.4, 0.5) is 5.95 Å². The minimum absolute atomic E-state index is 0.283. The van der Waals surface area contributed by atoms with Gasteiger partial charge in [-0.3, -0.25) is 4.18 Å². The lowest BCUT2D eigenvalue weighted by Crippen LogP contribution is -2.35. The van der Waals surface area contributed by atoms with Gasteiger partial charge in [-0.25, -0.2) is 9.97 Å². The summed E-state index contributed by atoms with van der Waals surface area (Å²) in [5, 5.41) is 0. The van der Waals surface area contributed by atoms with E-state index in [1.54, 1.807) is 0 Å². The molecule has 21 heavy (non-hydrogen) atoms. The minimum Gasteiger partial charge on any atom is -0.341 e. The number of hydrogen-bond acceptors (Lipinski definition) is 6. The van der Waals surface area contributed by atoms with Gasteiger partial charge in [0.05, 0.1) is 12.9 Å². The topological polar surface area (TPSA) is 72.4 Å². The zero-order valence-electron chi connectivity index (χ0n) is 12.7. The second kappa shape index (κ2) is 7.17. The van der Waals surface area contributed by atoms with Gasteiger partial charge in [-0.05, 0) is 37.2 Å². The predicted octanol–water partition coefficient (Wildman–Crippen LogP) is 1.62. The smallest absolute Gasteiger partial charge is 0.264 e. The maximum Gasteiger partial charge on any atom is 0.264 e. The van der Waals surface area contributed by atoms with E-state index in [9.17, 15) is 8.42 Å². The molecule has 0 saturated carbocycles. The highest BCUT2D eigenvalue weighted by molar-refractivity contribution is 7.85. The van der Waals surface area contributed by atoms with Crippen LogP contribution >= 0.6 is 0 Å². The Morgan fingerprint density at radius 1 is 1.29 bits per heavy atom. The van der Waals surface area contributed by atoms with E-state index in [1.165, 1.54) is 0 Å². The predicted molar refractivity (Wildman–Crippen MR) is 81.8 cm³/mol. The van der Waals surface area contributed by atoms with Crippen LogP contribution in [-0.4, -0.2) is 44.3 Å². The highest BCUT2D eigenvalue weighted by Gasteiger charge is 2.21. The van der Waals surface area contributed by atoms with E-state index < -0.39 is 10.1 Å². The van der Waals surface area contributed by atoms with Crippen molar-refractivity contribution in [3.05, 3.63) is 18.0 Å². The largest absolute Gasteiger partial charge is 0.341 e. The number of nitrogens with zero attached hydrogens (tertiary/aromatic N) is 3. The van der Waals surface area contributed by atoms with E-state index in [1.807, 2.05) is 12.4 Å². The van der Waals surface area contributed by atoms with E-state index >= 15 is 0 Å². The number of anilines is 1. The Hall–Kier alpha value is -1.21. The highest BCUT2D eigenvalue weighted by Crippen LogP contribution is 2.23. The molecule has 2 heterocycles. The Morgan fingerprint density at radius 3 is 2.43 bits per heavy atom. The molecule has 1 saturated heterocycles. The zero-order chi connectivity index (χ0) is 15.3. The van der Waals surface area contributed by atoms with Crippen molar-refractivity contribution >= 4 is 16.1 Å². The Balaban J connectivity index is 1.77. The van der Waals surface area contributed by atoms with Crippen LogP contribution in [0.2, 0.25) is 0 Å². The summed E-state index contributed by atoms with van der Waals surface area (Å²) in [5.74, 6) is 1.30. The molecule has 0 aliphatic carbocycles. The molecule has 7 heteroatoms. The second-order valence-electron chi connectivity index (χ2n) is 5.49. The van der Waals surface area contributed by atoms with Gasteiger partial charge in [0.2, 0.25) is 5.95 Å². The fraction of sp³-hybridized carbons (Fsp3) is 0.714. The third kappa shape index (κ3) is 5.24. The summed E-state index contributed by atoms with van der Waals surface area (Å²) in [5.41, 5.74) is 1.14. The standard InChI is InChI=1S/C14H23N3O3S/c1-3-12-10-15-14(16-11-12)17-7-4-13(5-8-17)6-9-20-21(2,18)19/h10-11,13H,3-9H2,1-2H3. The van der Waals surface area contributed by atoms with Gasteiger partial charge in [-0.2, -0.15) is 8.42 Å². The number of aryl methyl sites for hydroxylation is 1. The average molecular weight is 313 g/mol. The van der Waals surface area contributed by atoms with Gasteiger partial charge in [0.15, 0.2) is 0 Å². The van der Waals surface area contributed by atoms with Crippen LogP contribution in [0.3, 0.4) is 0 Å². The first-order valence-corrected chi connectivity index (χ1v) is 9.20. The van der Waals surface area contributed by atoms with E-state index in [4.69, 9.17) is 4.18 Å². The van der Waals surface area contributed by atoms with Crippen LogP contribution < -0.4 is 4.90 Å². The number of hydrogen-bond donors (Lipinski definition) is 0. The van der Waals surface area contributed by atoms with Crippen molar-refractivity contribution < 1.29 is 12.6 Å². The lowest BCUT2D eigenvalue weighted by Gasteiger charge is -2.31. The minimum atomic E-state index is -3.32. The Labute approximate surface area is 126 Å². The maximum atomic E-state index is 10.9. The molecule has 0 aromatic carbocycles. The molecule has 1 aliphatic rings. The molecule has 1 fully saturated rings. The summed E-state index contributed by atoms with van der Waals surface area (Å²) < 4.78 is 26.6. The third-order valence-corrected chi connectivity index (χ3v) is 4.42. The van der Waals surface area contributed by atoms with E-state index in [2.05, 4.69) is 21.8 Å². The van der Waals surface area contributed by atoms with Crippen molar-refractivity contribution in [1.82, 2.24) is 9.97 Å². The molecule has 0 bridgehead atoms. The molecule has 0 radical (unpaired) electrons. The average Bonchev–Trinajstić information content (AvgIpc) is 2.47. The molecule has 0 atom stereocenters. The number of rotatable bonds is 6. The molecule has 1 aromatic rings. The molecule has 0 unspecified atom stereocenters. The lowest BCUT2D eigenvalue weighted by atomic mass is 9.94. The van der Waals surface area contributed by atoms with Gasteiger partial charge in [0.25, 0.3) is 10.1 Å². The van der Waals surface area contributed by atoms with E-state index in [-0.39, 0.29) is 6.61 Å². The van der Waals surface area contributed by atoms with Gasteiger partial charge >= 0.3 is 0 Å². The van der Waals surface area contributed by atoms with Crippen LogP contribution in [0.5, 0.6) is 0 Å². The lowest BCUT2D eigenvalue weighted by molar-refractivity contribution is 0.264. The van der Waals surface area contributed by atoms with Gasteiger partial charge in [-0.1, -0.05) is 6.92 Å². The fourth-order valence-corrected chi connectivity index (χ4v) is 2.88. The van der Waals surface area contributed by atoms with Gasteiger partial charge in [-0.15, -0.1) is 0 Å². The van der Waals surface area contributed by atoms with Crippen molar-refractivity contribution in [3.8, 4) is 0 Å². The summed E-state index contributed by atoms with van der Waals surface area (Å²) in [6.07, 6.45) is 8.63. The Bertz CT molecular complexity index is 537. The van der Waals surface area contributed by atoms with Gasteiger partial charge in [0.1, 0.15) is 0 Å². The van der Waals surface area contributed by atoms with Gasteiger partial charge < -0.3 is 4.90 Å². The summed E-state index contributed by atoms with van der Waals surface area (Å²) in [4.78, 5) is 11.0. The number of piperidine rings is 1. The van der Waals surface area contributed by atoms with Crippen molar-refractivity contribution in [2.75, 3.05) is 30.9 Å². The molecule has 118 valence electrons. The van der Waals surface area contributed by atoms with Crippen LogP contribution in [0.25, 0.3) is 0 Å². The van der Waals surface area contributed by atoms with Crippen molar-refractivity contribution in [1.29, 1.82) is 0 Å². The van der Waals surface area contributed by atoms with Gasteiger partial charge in [0, 0.05) is 25.5 Å². The van der Waals surface area contributed by atoms with E-state index in [0.29, 0.717) is 5.92 Å². The molecule has 2 rings (SSSR count). The summed E-state index contributed by atoms with van der Waals surface area (Å²) in [6.45, 7) is 4.19. The quantitative estimate of drug-likeness (QED) is 0.743. The molecule has 6 nitrogen and oxygen atoms in total. The Kier molecular flexibility index (Phi) is 5.52. The molecular weight excluding hydrogens is 290 g/mol. The monoisotopic (exact) mass is 313 g/mol. The molecular formula is C14H23N3O3S. The molecule has 1 aliphatic heterocycles. The van der Waals surface area contributed by atoms with E-state index in [0.717, 1.165) is 56.5 Å². The maximum absolute atomic E-state index is 10.9.